The number of hydrogen-bond acceptors (Lipinski definition) is 4. The minimum atomic E-state index is -3.01. The van der Waals surface area contributed by atoms with Gasteiger partial charge in [0.15, 0.2) is 0 Å². The van der Waals surface area contributed by atoms with Crippen LogP contribution in [0.3, 0.4) is 0 Å². The van der Waals surface area contributed by atoms with E-state index in [9.17, 15) is 18.7 Å². The summed E-state index contributed by atoms with van der Waals surface area (Å²) in [5.41, 5.74) is -0.474. The lowest BCUT2D eigenvalue weighted by Gasteiger charge is -2.38. The zero-order valence-corrected chi connectivity index (χ0v) is 10.9. The van der Waals surface area contributed by atoms with Crippen LogP contribution in [0.1, 0.15) is 26.3 Å². The van der Waals surface area contributed by atoms with E-state index in [2.05, 4.69) is 9.72 Å². The van der Waals surface area contributed by atoms with E-state index in [-0.39, 0.29) is 18.0 Å². The van der Waals surface area contributed by atoms with Crippen molar-refractivity contribution in [3.8, 4) is 5.88 Å². The number of aromatic nitrogens is 1. The summed E-state index contributed by atoms with van der Waals surface area (Å²) in [6, 6.07) is 3.00. The molecule has 0 saturated heterocycles. The zero-order valence-electron chi connectivity index (χ0n) is 10.9. The van der Waals surface area contributed by atoms with Crippen LogP contribution in [0.2, 0.25) is 0 Å². The maximum Gasteiger partial charge on any atom is 0.388 e. The minimum Gasteiger partial charge on any atom is -0.530 e. The Labute approximate surface area is 109 Å². The Kier molecular flexibility index (Phi) is 4.63. The van der Waals surface area contributed by atoms with Crippen LogP contribution in [0, 0.1) is 0 Å². The second-order valence-electron chi connectivity index (χ2n) is 4.87. The average Bonchev–Trinajstić information content (AvgIpc) is 2.24. The second kappa shape index (κ2) is 5.81. The molecule has 0 aliphatic carbocycles. The smallest absolute Gasteiger partial charge is 0.388 e. The standard InChI is InChI=1S/C12H16F2N2O3/c1-12(2,3)16(11(17)18)7-8-5-4-6-15-9(8)19-10(13)14/h4-6,10H,7H2,1-3H3,(H,17,18)/p-1. The predicted molar refractivity (Wildman–Crippen MR) is 61.6 cm³/mol. The van der Waals surface area contributed by atoms with E-state index < -0.39 is 18.2 Å². The fourth-order valence-corrected chi connectivity index (χ4v) is 1.48. The molecule has 106 valence electrons. The summed E-state index contributed by atoms with van der Waals surface area (Å²) < 4.78 is 28.7. The molecule has 1 aromatic heterocycles. The third-order valence-corrected chi connectivity index (χ3v) is 2.41. The fourth-order valence-electron chi connectivity index (χ4n) is 1.48. The van der Waals surface area contributed by atoms with E-state index in [1.165, 1.54) is 18.3 Å². The Hall–Kier alpha value is -1.92. The van der Waals surface area contributed by atoms with Gasteiger partial charge >= 0.3 is 6.61 Å². The van der Waals surface area contributed by atoms with E-state index in [1.54, 1.807) is 20.8 Å². The lowest BCUT2D eigenvalue weighted by Crippen LogP contribution is -2.51. The van der Waals surface area contributed by atoms with E-state index in [4.69, 9.17) is 0 Å². The van der Waals surface area contributed by atoms with Gasteiger partial charge in [-0.1, -0.05) is 6.07 Å². The van der Waals surface area contributed by atoms with Gasteiger partial charge in [0, 0.05) is 23.8 Å². The van der Waals surface area contributed by atoms with Crippen LogP contribution in [0.5, 0.6) is 5.88 Å². The third kappa shape index (κ3) is 4.35. The zero-order chi connectivity index (χ0) is 14.6. The van der Waals surface area contributed by atoms with Crippen LogP contribution in [0.4, 0.5) is 13.6 Å². The highest BCUT2D eigenvalue weighted by Gasteiger charge is 2.23. The van der Waals surface area contributed by atoms with Crippen LogP contribution in [-0.2, 0) is 6.54 Å². The predicted octanol–water partition coefficient (Wildman–Crippen LogP) is 1.63. The molecule has 0 aliphatic rings. The number of amides is 1. The van der Waals surface area contributed by atoms with Crippen molar-refractivity contribution in [3.05, 3.63) is 23.9 Å². The van der Waals surface area contributed by atoms with Gasteiger partial charge in [-0.15, -0.1) is 0 Å². The van der Waals surface area contributed by atoms with Gasteiger partial charge < -0.3 is 19.5 Å². The molecular formula is C12H15F2N2O3-. The SMILES string of the molecule is CC(C)(C)N(Cc1cccnc1OC(F)F)C(=O)[O-]. The molecule has 0 unspecified atom stereocenters. The number of carboxylic acid groups (broad SMARTS) is 1. The molecule has 0 radical (unpaired) electrons. The largest absolute Gasteiger partial charge is 0.530 e. The van der Waals surface area contributed by atoms with Crippen molar-refractivity contribution in [1.29, 1.82) is 0 Å². The number of ether oxygens (including phenoxy) is 1. The highest BCUT2D eigenvalue weighted by molar-refractivity contribution is 5.63. The fraction of sp³-hybridized carbons (Fsp3) is 0.500. The summed E-state index contributed by atoms with van der Waals surface area (Å²) in [6.07, 6.45) is -0.0962. The molecule has 0 N–H and O–H groups in total. The number of hydrogen-bond donors (Lipinski definition) is 0. The lowest BCUT2D eigenvalue weighted by atomic mass is 10.1. The van der Waals surface area contributed by atoms with Gasteiger partial charge in [-0.3, -0.25) is 0 Å². The van der Waals surface area contributed by atoms with Crippen LogP contribution in [0.15, 0.2) is 18.3 Å². The molecule has 1 aromatic rings. The number of halogens is 2. The summed E-state index contributed by atoms with van der Waals surface area (Å²) in [5, 5.41) is 11.1. The van der Waals surface area contributed by atoms with Crippen molar-refractivity contribution < 1.29 is 23.4 Å². The number of carbonyl (C=O) groups is 1. The number of rotatable bonds is 4. The summed E-state index contributed by atoms with van der Waals surface area (Å²) in [5.74, 6) is -0.284. The normalized spacial score (nSPS) is 11.5. The third-order valence-electron chi connectivity index (χ3n) is 2.41. The molecule has 1 amide bonds. The first-order chi connectivity index (χ1) is 8.71. The molecule has 0 fully saturated rings. The summed E-state index contributed by atoms with van der Waals surface area (Å²) >= 11 is 0. The molecule has 0 bridgehead atoms. The molecular weight excluding hydrogens is 258 g/mol. The minimum absolute atomic E-state index is 0.137. The second-order valence-corrected chi connectivity index (χ2v) is 4.87. The van der Waals surface area contributed by atoms with Crippen molar-refractivity contribution >= 4 is 6.09 Å². The van der Waals surface area contributed by atoms with Gasteiger partial charge in [0.2, 0.25) is 5.88 Å². The highest BCUT2D eigenvalue weighted by Crippen LogP contribution is 2.22. The van der Waals surface area contributed by atoms with Gasteiger partial charge in [-0.05, 0) is 26.8 Å². The topological polar surface area (TPSA) is 65.5 Å². The Morgan fingerprint density at radius 1 is 1.53 bits per heavy atom. The quantitative estimate of drug-likeness (QED) is 0.836. The van der Waals surface area contributed by atoms with Crippen molar-refractivity contribution in [2.75, 3.05) is 0 Å². The molecule has 19 heavy (non-hydrogen) atoms. The first-order valence-corrected chi connectivity index (χ1v) is 5.59. The molecule has 5 nitrogen and oxygen atoms in total. The van der Waals surface area contributed by atoms with E-state index in [0.717, 1.165) is 4.90 Å². The van der Waals surface area contributed by atoms with Crippen molar-refractivity contribution in [2.45, 2.75) is 39.5 Å². The molecule has 1 rings (SSSR count). The number of carbonyl (C=O) groups excluding carboxylic acids is 1. The van der Waals surface area contributed by atoms with Crippen molar-refractivity contribution in [2.24, 2.45) is 0 Å². The van der Waals surface area contributed by atoms with Crippen LogP contribution < -0.4 is 9.84 Å². The van der Waals surface area contributed by atoms with Gasteiger partial charge in [-0.25, -0.2) is 4.98 Å². The van der Waals surface area contributed by atoms with Crippen LogP contribution in [0.25, 0.3) is 0 Å². The van der Waals surface area contributed by atoms with Gasteiger partial charge in [0.05, 0.1) is 0 Å². The molecule has 0 aliphatic heterocycles. The molecule has 0 spiro atoms. The molecule has 0 atom stereocenters. The first-order valence-electron chi connectivity index (χ1n) is 5.59. The summed E-state index contributed by atoms with van der Waals surface area (Å²) in [7, 11) is 0. The molecule has 7 heteroatoms. The Morgan fingerprint density at radius 3 is 2.63 bits per heavy atom. The first kappa shape index (κ1) is 15.1. The Balaban J connectivity index is 3.00. The average molecular weight is 273 g/mol. The van der Waals surface area contributed by atoms with Gasteiger partial charge in [-0.2, -0.15) is 8.78 Å². The lowest BCUT2D eigenvalue weighted by molar-refractivity contribution is -0.271. The monoisotopic (exact) mass is 273 g/mol. The summed E-state index contributed by atoms with van der Waals surface area (Å²) in [4.78, 5) is 15.8. The molecule has 1 heterocycles. The Bertz CT molecular complexity index is 447. The number of alkyl halides is 2. The maximum absolute atomic E-state index is 12.2. The van der Waals surface area contributed by atoms with E-state index in [1.807, 2.05) is 0 Å². The van der Waals surface area contributed by atoms with Crippen molar-refractivity contribution in [3.63, 3.8) is 0 Å². The van der Waals surface area contributed by atoms with E-state index in [0.29, 0.717) is 0 Å². The van der Waals surface area contributed by atoms with Crippen LogP contribution >= 0.6 is 0 Å². The van der Waals surface area contributed by atoms with Gasteiger partial charge in [0.25, 0.3) is 0 Å². The molecule has 0 aromatic carbocycles. The van der Waals surface area contributed by atoms with Crippen LogP contribution in [-0.4, -0.2) is 28.1 Å². The number of nitrogens with zero attached hydrogens (tertiary/aromatic N) is 2. The van der Waals surface area contributed by atoms with Gasteiger partial charge in [0.1, 0.15) is 6.09 Å². The highest BCUT2D eigenvalue weighted by atomic mass is 19.3. The Morgan fingerprint density at radius 2 is 2.16 bits per heavy atom. The summed E-state index contributed by atoms with van der Waals surface area (Å²) in [6.45, 7) is 1.87. The molecule has 0 saturated carbocycles. The maximum atomic E-state index is 12.2. The number of pyridine rings is 1. The van der Waals surface area contributed by atoms with E-state index >= 15 is 0 Å². The van der Waals surface area contributed by atoms with Crippen molar-refractivity contribution in [1.82, 2.24) is 9.88 Å².